The molecule has 57 heavy (non-hydrogen) atoms. The van der Waals surface area contributed by atoms with Gasteiger partial charge in [0.25, 0.3) is 0 Å². The van der Waals surface area contributed by atoms with Crippen molar-refractivity contribution in [3.8, 4) is 23.0 Å². The zero-order chi connectivity index (χ0) is 39.1. The first-order valence-corrected chi connectivity index (χ1v) is 17.3. The second-order valence-corrected chi connectivity index (χ2v) is 12.2. The van der Waals surface area contributed by atoms with Gasteiger partial charge in [-0.05, 0) is 55.5 Å². The molecule has 6 aromatic rings. The number of carboxylic acids is 1. The van der Waals surface area contributed by atoms with E-state index < -0.39 is 18.5 Å². The van der Waals surface area contributed by atoms with Gasteiger partial charge in [0, 0.05) is 0 Å². The van der Waals surface area contributed by atoms with Crippen LogP contribution < -0.4 is 48.7 Å². The number of aliphatic hydroxyl groups is 2. The van der Waals surface area contributed by atoms with Crippen molar-refractivity contribution in [3.63, 3.8) is 0 Å². The Labute approximate surface area is 346 Å². The van der Waals surface area contributed by atoms with Crippen LogP contribution in [-0.2, 0) is 27.4 Å². The number of rotatable bonds is 13. The van der Waals surface area contributed by atoms with Crippen LogP contribution in [0.25, 0.3) is 43.6 Å². The summed E-state index contributed by atoms with van der Waals surface area (Å²) in [7, 11) is 2.84. The number of carbonyl (C=O) groups excluding carboxylic acids is 1. The van der Waals surface area contributed by atoms with Crippen LogP contribution in [0.15, 0.2) is 70.3 Å². The number of carbonyl (C=O) groups is 2. The zero-order valence-corrected chi connectivity index (χ0v) is 32.8. The molecule has 19 heteroatoms. The number of fused-ring (bicyclic) bond motifs is 4. The standard InChI is InChI=1S/C20H20ClNO6.C18H16ClNO6.Li.2H2O/c1-3-27-16(24)11-22-17-12(5-4-6-15(17)28-10-9-23)19(25)13-7-8-14(21)20(26-2)18(13)22;1-25-18-12(19)6-5-11-16(18)20(9-14(22)23)15-10(17(11)24)3-2-4-13(15)26-8-7-21;;;/h4-8,23H,3,9-11H2,1-2H3;2-6,21H,7-9H2,1H3,(H,22,23);;2*1H2/q;;+1;;/p-1. The zero-order valence-electron chi connectivity index (χ0n) is 31.3. The maximum absolute atomic E-state index is 13.1. The van der Waals surface area contributed by atoms with Crippen molar-refractivity contribution in [3.05, 3.63) is 91.2 Å². The Morgan fingerprint density at radius 1 is 0.667 bits per heavy atom. The molecule has 0 unspecified atom stereocenters. The van der Waals surface area contributed by atoms with Crippen LogP contribution in [0.4, 0.5) is 0 Å². The van der Waals surface area contributed by atoms with Crippen molar-refractivity contribution in [2.75, 3.05) is 47.3 Å². The van der Waals surface area contributed by atoms with Gasteiger partial charge >= 0.3 is 30.8 Å². The van der Waals surface area contributed by atoms with Gasteiger partial charge in [0.2, 0.25) is 0 Å². The number of hydrogen-bond acceptors (Lipinski definition) is 12. The first kappa shape index (κ1) is 48.1. The van der Waals surface area contributed by atoms with Crippen molar-refractivity contribution in [2.45, 2.75) is 20.0 Å². The smallest absolute Gasteiger partial charge is 0.870 e. The SMILES string of the molecule is CCOC(=O)Cn1c2c(OCCO)cccc2c(=O)c2ccc(Cl)c(OC)c21.COc1c(Cl)ccc2c(=O)c3cccc(OCCO)c3n(CC(=O)O)c12.O.[Li+].[OH-]. The quantitative estimate of drug-likeness (QED) is 0.0838. The van der Waals surface area contributed by atoms with E-state index in [-0.39, 0.29) is 102 Å². The number of hydrogen-bond donors (Lipinski definition) is 3. The van der Waals surface area contributed by atoms with Crippen molar-refractivity contribution in [2.24, 2.45) is 0 Å². The van der Waals surface area contributed by atoms with E-state index in [4.69, 9.17) is 57.1 Å². The molecule has 0 saturated carbocycles. The second kappa shape index (κ2) is 21.5. The van der Waals surface area contributed by atoms with Crippen LogP contribution >= 0.6 is 23.2 Å². The number of esters is 1. The van der Waals surface area contributed by atoms with Crippen LogP contribution in [0.1, 0.15) is 6.92 Å². The summed E-state index contributed by atoms with van der Waals surface area (Å²) in [4.78, 5) is 49.9. The van der Waals surface area contributed by atoms with Crippen molar-refractivity contribution >= 4 is 78.8 Å². The minimum absolute atomic E-state index is 0. The third-order valence-corrected chi connectivity index (χ3v) is 8.81. The molecule has 0 aliphatic heterocycles. The molecule has 6 rings (SSSR count). The minimum Gasteiger partial charge on any atom is -0.870 e. The molecule has 0 amide bonds. The van der Waals surface area contributed by atoms with Crippen LogP contribution in [0, 0.1) is 0 Å². The van der Waals surface area contributed by atoms with Crippen molar-refractivity contribution in [1.29, 1.82) is 0 Å². The number of ether oxygens (including phenoxy) is 5. The number of methoxy groups -OCH3 is 2. The fourth-order valence-electron chi connectivity index (χ4n) is 6.20. The maximum atomic E-state index is 13.1. The van der Waals surface area contributed by atoms with Gasteiger partial charge in [-0.3, -0.25) is 19.2 Å². The third kappa shape index (κ3) is 9.75. The van der Waals surface area contributed by atoms with Gasteiger partial charge in [0.05, 0.1) is 87.7 Å². The fraction of sp³-hybridized carbons (Fsp3) is 0.263. The predicted molar refractivity (Wildman–Crippen MR) is 210 cm³/mol. The van der Waals surface area contributed by atoms with E-state index in [9.17, 15) is 24.3 Å². The molecule has 16 nitrogen and oxygen atoms in total. The van der Waals surface area contributed by atoms with E-state index in [1.54, 1.807) is 66.1 Å². The van der Waals surface area contributed by atoms with E-state index >= 15 is 0 Å². The summed E-state index contributed by atoms with van der Waals surface area (Å²) < 4.78 is 30.1. The van der Waals surface area contributed by atoms with E-state index in [0.29, 0.717) is 54.6 Å². The molecule has 0 spiro atoms. The predicted octanol–water partition coefficient (Wildman–Crippen LogP) is 1.03. The molecule has 0 fully saturated rings. The Hall–Kier alpha value is -5.02. The molecular weight excluding hydrogens is 786 g/mol. The van der Waals surface area contributed by atoms with Gasteiger partial charge < -0.3 is 59.1 Å². The Kier molecular flexibility index (Phi) is 18.1. The van der Waals surface area contributed by atoms with Crippen molar-refractivity contribution in [1.82, 2.24) is 9.13 Å². The van der Waals surface area contributed by atoms with Gasteiger partial charge in [0.1, 0.15) is 37.8 Å². The normalized spacial score (nSPS) is 10.4. The Bertz CT molecular complexity index is 2510. The van der Waals surface area contributed by atoms with Gasteiger partial charge in [-0.25, -0.2) is 0 Å². The summed E-state index contributed by atoms with van der Waals surface area (Å²) in [6.45, 7) is 0.972. The average Bonchev–Trinajstić information content (AvgIpc) is 3.16. The number of pyridine rings is 2. The van der Waals surface area contributed by atoms with Gasteiger partial charge in [0.15, 0.2) is 22.4 Å². The van der Waals surface area contributed by atoms with E-state index in [1.807, 2.05) is 0 Å². The number of aromatic nitrogens is 2. The molecule has 0 aliphatic carbocycles. The Balaban J connectivity index is 0.000000375. The van der Waals surface area contributed by atoms with Crippen molar-refractivity contribution < 1.29 is 78.4 Å². The first-order valence-electron chi connectivity index (χ1n) is 16.5. The Morgan fingerprint density at radius 3 is 1.44 bits per heavy atom. The molecule has 2 aromatic heterocycles. The first-order chi connectivity index (χ1) is 26.0. The number of aliphatic hydroxyl groups excluding tert-OH is 2. The summed E-state index contributed by atoms with van der Waals surface area (Å²) in [6.07, 6.45) is 0. The molecular formula is C38H39Cl2LiN2O14. The summed E-state index contributed by atoms with van der Waals surface area (Å²) in [5.74, 6) is -0.445. The molecule has 6 N–H and O–H groups in total. The maximum Gasteiger partial charge on any atom is 1.00 e. The van der Waals surface area contributed by atoms with Gasteiger partial charge in [-0.1, -0.05) is 35.3 Å². The number of benzene rings is 4. The van der Waals surface area contributed by atoms with Crippen LogP contribution in [0.5, 0.6) is 23.0 Å². The second-order valence-electron chi connectivity index (χ2n) is 11.4. The molecule has 2 heterocycles. The minimum atomic E-state index is -1.10. The molecule has 0 atom stereocenters. The average molecular weight is 826 g/mol. The van der Waals surface area contributed by atoms with Gasteiger partial charge in [-0.2, -0.15) is 0 Å². The van der Waals surface area contributed by atoms with Crippen LogP contribution in [0.2, 0.25) is 10.0 Å². The summed E-state index contributed by atoms with van der Waals surface area (Å²) in [5, 5.41) is 29.4. The number of aliphatic carboxylic acids is 1. The molecule has 0 radical (unpaired) electrons. The number of nitrogens with zero attached hydrogens (tertiary/aromatic N) is 2. The van der Waals surface area contributed by atoms with Crippen LogP contribution in [-0.4, -0.2) is 94.6 Å². The Morgan fingerprint density at radius 2 is 1.07 bits per heavy atom. The fourth-order valence-corrected chi connectivity index (χ4v) is 6.66. The number of carboxylic acid groups (broad SMARTS) is 1. The topological polar surface area (TPSA) is 246 Å². The third-order valence-electron chi connectivity index (χ3n) is 8.21. The molecule has 0 aliphatic rings. The monoisotopic (exact) mass is 824 g/mol. The molecule has 4 aromatic carbocycles. The van der Waals surface area contributed by atoms with E-state index in [0.717, 1.165) is 0 Å². The number of halogens is 2. The largest absolute Gasteiger partial charge is 1.00 e. The number of para-hydroxylation sites is 2. The van der Waals surface area contributed by atoms with E-state index in [1.165, 1.54) is 24.9 Å². The molecule has 0 saturated heterocycles. The molecule has 0 bridgehead atoms. The summed E-state index contributed by atoms with van der Waals surface area (Å²) in [6, 6.07) is 16.1. The van der Waals surface area contributed by atoms with Gasteiger partial charge in [-0.15, -0.1) is 0 Å². The van der Waals surface area contributed by atoms with Crippen LogP contribution in [0.3, 0.4) is 0 Å². The summed E-state index contributed by atoms with van der Waals surface area (Å²) in [5.41, 5.74) is 0.833. The molecule has 300 valence electrons. The summed E-state index contributed by atoms with van der Waals surface area (Å²) >= 11 is 12.5. The van der Waals surface area contributed by atoms with E-state index in [2.05, 4.69) is 0 Å².